The zero-order valence-electron chi connectivity index (χ0n) is 14.4. The molecule has 0 aliphatic rings. The number of Topliss-reactive ketones (excluding diaryl/α,β-unsaturated/α-hetero) is 1. The number of methoxy groups -OCH3 is 2. The minimum atomic E-state index is -0.480. The van der Waals surface area contributed by atoms with Gasteiger partial charge in [-0.1, -0.05) is 57.2 Å². The third-order valence-electron chi connectivity index (χ3n) is 3.89. The molecule has 2 aromatic carbocycles. The fourth-order valence-corrected chi connectivity index (χ4v) is 2.69. The maximum atomic E-state index is 13.2. The molecule has 2 rings (SSSR count). The Balaban J connectivity index is 2.71. The first kappa shape index (κ1) is 17.1. The summed E-state index contributed by atoms with van der Waals surface area (Å²) >= 11 is 0. The molecule has 0 N–H and O–H groups in total. The molecule has 1 atom stereocenters. The second-order valence-corrected chi connectivity index (χ2v) is 6.53. The zero-order chi connectivity index (χ0) is 17.0. The molecule has 0 aliphatic carbocycles. The Hall–Kier alpha value is -2.29. The third-order valence-corrected chi connectivity index (χ3v) is 3.89. The molecule has 0 amide bonds. The first-order valence-electron chi connectivity index (χ1n) is 7.70. The lowest BCUT2D eigenvalue weighted by molar-refractivity contribution is -0.127. The van der Waals surface area contributed by atoms with Crippen molar-refractivity contribution in [3.63, 3.8) is 0 Å². The molecule has 0 aliphatic heterocycles. The fraction of sp³-hybridized carbons (Fsp3) is 0.350. The molecule has 3 heteroatoms. The van der Waals surface area contributed by atoms with Crippen LogP contribution in [0.1, 0.15) is 37.8 Å². The van der Waals surface area contributed by atoms with Gasteiger partial charge in [-0.2, -0.15) is 0 Å². The molecule has 0 saturated heterocycles. The molecule has 122 valence electrons. The number of carbonyl (C=O) groups excluding carboxylic acids is 1. The first-order valence-corrected chi connectivity index (χ1v) is 7.70. The summed E-state index contributed by atoms with van der Waals surface area (Å²) in [6.07, 6.45) is 0. The Morgan fingerprint density at radius 2 is 1.39 bits per heavy atom. The van der Waals surface area contributed by atoms with Gasteiger partial charge in [-0.3, -0.25) is 4.79 Å². The second kappa shape index (κ2) is 6.86. The summed E-state index contributed by atoms with van der Waals surface area (Å²) in [6.45, 7) is 5.81. The van der Waals surface area contributed by atoms with Crippen molar-refractivity contribution < 1.29 is 14.3 Å². The average Bonchev–Trinajstić information content (AvgIpc) is 2.55. The molecular formula is C20H24O3. The van der Waals surface area contributed by atoms with E-state index in [9.17, 15) is 4.79 Å². The minimum absolute atomic E-state index is 0.131. The number of hydrogen-bond donors (Lipinski definition) is 0. The highest BCUT2D eigenvalue weighted by Gasteiger charge is 2.35. The number of benzene rings is 2. The number of ketones is 1. The molecule has 0 heterocycles. The number of rotatable bonds is 5. The summed E-state index contributed by atoms with van der Waals surface area (Å²) in [5.74, 6) is 1.03. The average molecular weight is 312 g/mol. The van der Waals surface area contributed by atoms with Crippen molar-refractivity contribution in [2.24, 2.45) is 5.41 Å². The zero-order valence-corrected chi connectivity index (χ0v) is 14.4. The fourth-order valence-electron chi connectivity index (χ4n) is 2.69. The van der Waals surface area contributed by atoms with Crippen LogP contribution in [0.4, 0.5) is 0 Å². The van der Waals surface area contributed by atoms with Crippen LogP contribution in [0.15, 0.2) is 48.5 Å². The van der Waals surface area contributed by atoms with Gasteiger partial charge in [0.1, 0.15) is 17.3 Å². The maximum absolute atomic E-state index is 13.2. The van der Waals surface area contributed by atoms with Crippen molar-refractivity contribution in [2.45, 2.75) is 26.7 Å². The summed E-state index contributed by atoms with van der Waals surface area (Å²) in [5.41, 5.74) is 1.24. The van der Waals surface area contributed by atoms with Gasteiger partial charge in [-0.05, 0) is 17.7 Å². The third kappa shape index (κ3) is 3.55. The van der Waals surface area contributed by atoms with Crippen LogP contribution in [-0.2, 0) is 4.79 Å². The Morgan fingerprint density at radius 1 is 0.870 bits per heavy atom. The molecule has 0 saturated carbocycles. The highest BCUT2D eigenvalue weighted by Crippen LogP contribution is 2.42. The maximum Gasteiger partial charge on any atom is 0.150 e. The van der Waals surface area contributed by atoms with Crippen molar-refractivity contribution in [3.05, 3.63) is 59.7 Å². The topological polar surface area (TPSA) is 35.5 Å². The van der Waals surface area contributed by atoms with Crippen LogP contribution in [-0.4, -0.2) is 20.0 Å². The molecule has 0 bridgehead atoms. The molecule has 0 aromatic heterocycles. The highest BCUT2D eigenvalue weighted by molar-refractivity contribution is 5.94. The predicted molar refractivity (Wildman–Crippen MR) is 92.3 cm³/mol. The van der Waals surface area contributed by atoms with E-state index < -0.39 is 11.3 Å². The van der Waals surface area contributed by atoms with E-state index in [-0.39, 0.29) is 5.78 Å². The lowest BCUT2D eigenvalue weighted by atomic mass is 9.76. The van der Waals surface area contributed by atoms with Crippen molar-refractivity contribution in [1.29, 1.82) is 0 Å². The Labute approximate surface area is 138 Å². The molecular weight excluding hydrogens is 288 g/mol. The summed E-state index contributed by atoms with van der Waals surface area (Å²) in [4.78, 5) is 13.2. The van der Waals surface area contributed by atoms with Crippen molar-refractivity contribution >= 4 is 5.78 Å². The molecule has 2 aromatic rings. The van der Waals surface area contributed by atoms with Crippen LogP contribution in [0.3, 0.4) is 0 Å². The Bertz CT molecular complexity index is 647. The monoisotopic (exact) mass is 312 g/mol. The summed E-state index contributed by atoms with van der Waals surface area (Å²) in [5, 5.41) is 0. The molecule has 3 nitrogen and oxygen atoms in total. The summed E-state index contributed by atoms with van der Waals surface area (Å²) in [6, 6.07) is 15.4. The van der Waals surface area contributed by atoms with E-state index in [1.165, 1.54) is 0 Å². The largest absolute Gasteiger partial charge is 0.496 e. The van der Waals surface area contributed by atoms with E-state index in [0.29, 0.717) is 11.5 Å². The van der Waals surface area contributed by atoms with E-state index in [1.807, 2.05) is 69.3 Å². The van der Waals surface area contributed by atoms with Crippen molar-refractivity contribution in [3.8, 4) is 11.5 Å². The van der Waals surface area contributed by atoms with Gasteiger partial charge >= 0.3 is 0 Å². The van der Waals surface area contributed by atoms with Gasteiger partial charge in [0.05, 0.1) is 25.7 Å². The van der Waals surface area contributed by atoms with Gasteiger partial charge in [-0.25, -0.2) is 0 Å². The number of carbonyl (C=O) groups is 1. The van der Waals surface area contributed by atoms with Crippen LogP contribution in [0, 0.1) is 5.41 Å². The Morgan fingerprint density at radius 3 is 1.83 bits per heavy atom. The van der Waals surface area contributed by atoms with Crippen LogP contribution in [0.25, 0.3) is 0 Å². The lowest BCUT2D eigenvalue weighted by Crippen LogP contribution is -2.28. The highest BCUT2D eigenvalue weighted by atomic mass is 16.5. The van der Waals surface area contributed by atoms with Crippen LogP contribution in [0.5, 0.6) is 11.5 Å². The first-order chi connectivity index (χ1) is 10.9. The smallest absolute Gasteiger partial charge is 0.150 e. The summed E-state index contributed by atoms with van der Waals surface area (Å²) in [7, 11) is 3.23. The van der Waals surface area contributed by atoms with Crippen LogP contribution in [0.2, 0.25) is 0 Å². The molecule has 23 heavy (non-hydrogen) atoms. The van der Waals surface area contributed by atoms with Crippen LogP contribution >= 0.6 is 0 Å². The van der Waals surface area contributed by atoms with E-state index in [4.69, 9.17) is 9.47 Å². The quantitative estimate of drug-likeness (QED) is 0.818. The Kier molecular flexibility index (Phi) is 5.09. The standard InChI is InChI=1S/C20H24O3/c1-20(2,3)19(21)17(14-10-7-6-8-11-14)18-15(22-4)12-9-13-16(18)23-5/h6-13,17H,1-5H3. The van der Waals surface area contributed by atoms with Crippen LogP contribution < -0.4 is 9.47 Å². The van der Waals surface area contributed by atoms with Gasteiger partial charge in [0, 0.05) is 5.41 Å². The molecule has 0 fully saturated rings. The van der Waals surface area contributed by atoms with Gasteiger partial charge < -0.3 is 9.47 Å². The van der Waals surface area contributed by atoms with Crippen molar-refractivity contribution in [2.75, 3.05) is 14.2 Å². The van der Waals surface area contributed by atoms with Gasteiger partial charge in [0.2, 0.25) is 0 Å². The second-order valence-electron chi connectivity index (χ2n) is 6.53. The van der Waals surface area contributed by atoms with Gasteiger partial charge in [-0.15, -0.1) is 0 Å². The molecule has 0 radical (unpaired) electrons. The van der Waals surface area contributed by atoms with E-state index in [0.717, 1.165) is 11.1 Å². The lowest BCUT2D eigenvalue weighted by Gasteiger charge is -2.27. The minimum Gasteiger partial charge on any atom is -0.496 e. The van der Waals surface area contributed by atoms with Gasteiger partial charge in [0.15, 0.2) is 0 Å². The number of hydrogen-bond acceptors (Lipinski definition) is 3. The number of ether oxygens (including phenoxy) is 2. The van der Waals surface area contributed by atoms with E-state index in [1.54, 1.807) is 14.2 Å². The summed E-state index contributed by atoms with van der Waals surface area (Å²) < 4.78 is 11.0. The van der Waals surface area contributed by atoms with E-state index >= 15 is 0 Å². The molecule has 1 unspecified atom stereocenters. The normalized spacial score (nSPS) is 12.6. The SMILES string of the molecule is COc1cccc(OC)c1C(C(=O)C(C)(C)C)c1ccccc1. The van der Waals surface area contributed by atoms with Gasteiger partial charge in [0.25, 0.3) is 0 Å². The van der Waals surface area contributed by atoms with E-state index in [2.05, 4.69) is 0 Å². The van der Waals surface area contributed by atoms with Crippen molar-refractivity contribution in [1.82, 2.24) is 0 Å². The molecule has 0 spiro atoms. The predicted octanol–water partition coefficient (Wildman–Crippen LogP) is 4.45.